The zero-order chi connectivity index (χ0) is 18.5. The van der Waals surface area contributed by atoms with Gasteiger partial charge in [0.1, 0.15) is 5.01 Å². The highest BCUT2D eigenvalue weighted by Crippen LogP contribution is 2.23. The van der Waals surface area contributed by atoms with Crippen LogP contribution in [0.2, 0.25) is 0 Å². The van der Waals surface area contributed by atoms with Crippen molar-refractivity contribution in [3.8, 4) is 0 Å². The first-order valence-electron chi connectivity index (χ1n) is 8.94. The maximum absolute atomic E-state index is 5.45. The van der Waals surface area contributed by atoms with Gasteiger partial charge in [-0.2, -0.15) is 0 Å². The average Bonchev–Trinajstić information content (AvgIpc) is 3.05. The van der Waals surface area contributed by atoms with Crippen molar-refractivity contribution >= 4 is 17.3 Å². The van der Waals surface area contributed by atoms with Crippen LogP contribution in [0, 0.1) is 0 Å². The van der Waals surface area contributed by atoms with Crippen molar-refractivity contribution in [3.05, 3.63) is 16.1 Å². The van der Waals surface area contributed by atoms with Gasteiger partial charge in [0.15, 0.2) is 5.96 Å². The van der Waals surface area contributed by atoms with Crippen LogP contribution < -0.4 is 10.6 Å². The fourth-order valence-electron chi connectivity index (χ4n) is 2.70. The minimum Gasteiger partial charge on any atom is -0.379 e. The molecule has 0 amide bonds. The summed E-state index contributed by atoms with van der Waals surface area (Å²) in [5, 5.41) is 10.0. The third-order valence-electron chi connectivity index (χ3n) is 4.51. The van der Waals surface area contributed by atoms with E-state index < -0.39 is 0 Å². The smallest absolute Gasteiger partial charge is 0.191 e. The lowest BCUT2D eigenvalue weighted by atomic mass is 9.93. The molecule has 1 saturated heterocycles. The van der Waals surface area contributed by atoms with E-state index in [-0.39, 0.29) is 11.0 Å². The Morgan fingerprint density at radius 1 is 1.24 bits per heavy atom. The Morgan fingerprint density at radius 3 is 2.48 bits per heavy atom. The van der Waals surface area contributed by atoms with Crippen LogP contribution in [0.25, 0.3) is 0 Å². The molecule has 0 bridgehead atoms. The maximum atomic E-state index is 5.45. The van der Waals surface area contributed by atoms with Crippen molar-refractivity contribution in [1.29, 1.82) is 0 Å². The van der Waals surface area contributed by atoms with Gasteiger partial charge >= 0.3 is 0 Å². The number of rotatable bonds is 5. The first kappa shape index (κ1) is 20.1. The summed E-state index contributed by atoms with van der Waals surface area (Å²) in [6.45, 7) is 16.2. The highest BCUT2D eigenvalue weighted by molar-refractivity contribution is 7.09. The Balaban J connectivity index is 1.83. The lowest BCUT2D eigenvalue weighted by molar-refractivity contribution is -0.00834. The summed E-state index contributed by atoms with van der Waals surface area (Å²) >= 11 is 1.70. The number of morpholine rings is 1. The molecule has 6 nitrogen and oxygen atoms in total. The third-order valence-corrected chi connectivity index (χ3v) is 5.36. The second kappa shape index (κ2) is 8.47. The fraction of sp³-hybridized carbons (Fsp3) is 0.778. The van der Waals surface area contributed by atoms with Gasteiger partial charge in [-0.25, -0.2) is 4.98 Å². The molecule has 142 valence electrons. The molecule has 1 aliphatic rings. The normalized spacial score (nSPS) is 17.6. The monoisotopic (exact) mass is 367 g/mol. The van der Waals surface area contributed by atoms with Crippen LogP contribution in [0.4, 0.5) is 0 Å². The average molecular weight is 368 g/mol. The number of hydrogen-bond donors (Lipinski definition) is 2. The van der Waals surface area contributed by atoms with Gasteiger partial charge in [0.05, 0.1) is 25.5 Å². The topological polar surface area (TPSA) is 61.8 Å². The molecule has 0 aliphatic carbocycles. The molecule has 0 radical (unpaired) electrons. The largest absolute Gasteiger partial charge is 0.379 e. The van der Waals surface area contributed by atoms with Gasteiger partial charge in [-0.3, -0.25) is 9.89 Å². The number of aliphatic imine (C=N–C) groups is 1. The van der Waals surface area contributed by atoms with Crippen LogP contribution in [0.1, 0.15) is 45.3 Å². The van der Waals surface area contributed by atoms with Gasteiger partial charge in [0.25, 0.3) is 0 Å². The molecule has 7 heteroatoms. The van der Waals surface area contributed by atoms with E-state index >= 15 is 0 Å². The Labute approximate surface area is 156 Å². The van der Waals surface area contributed by atoms with Crippen molar-refractivity contribution in [1.82, 2.24) is 20.5 Å². The third kappa shape index (κ3) is 5.94. The molecule has 1 aromatic heterocycles. The van der Waals surface area contributed by atoms with Gasteiger partial charge in [-0.15, -0.1) is 11.3 Å². The predicted octanol–water partition coefficient (Wildman–Crippen LogP) is 2.22. The molecule has 1 aromatic rings. The lowest BCUT2D eigenvalue weighted by Gasteiger charge is -2.41. The zero-order valence-corrected chi connectivity index (χ0v) is 17.3. The summed E-state index contributed by atoms with van der Waals surface area (Å²) in [6, 6.07) is 0. The quantitative estimate of drug-likeness (QED) is 0.617. The van der Waals surface area contributed by atoms with Crippen LogP contribution in [-0.4, -0.2) is 61.3 Å². The van der Waals surface area contributed by atoms with Crippen molar-refractivity contribution in [2.75, 3.05) is 39.9 Å². The van der Waals surface area contributed by atoms with E-state index in [1.165, 1.54) is 0 Å². The number of nitrogens with zero attached hydrogens (tertiary/aromatic N) is 3. The molecule has 0 unspecified atom stereocenters. The molecule has 1 aliphatic heterocycles. The van der Waals surface area contributed by atoms with E-state index in [0.29, 0.717) is 6.54 Å². The molecule has 1 fully saturated rings. The number of thiazole rings is 1. The minimum absolute atomic E-state index is 0.0575. The highest BCUT2D eigenvalue weighted by atomic mass is 32.1. The number of aromatic nitrogens is 1. The van der Waals surface area contributed by atoms with Crippen molar-refractivity contribution < 1.29 is 4.74 Å². The molecule has 0 atom stereocenters. The van der Waals surface area contributed by atoms with Gasteiger partial charge in [-0.1, -0.05) is 20.8 Å². The summed E-state index contributed by atoms with van der Waals surface area (Å²) in [7, 11) is 1.81. The summed E-state index contributed by atoms with van der Waals surface area (Å²) in [4.78, 5) is 11.5. The van der Waals surface area contributed by atoms with Crippen LogP contribution in [0.3, 0.4) is 0 Å². The van der Waals surface area contributed by atoms with E-state index in [4.69, 9.17) is 9.72 Å². The highest BCUT2D eigenvalue weighted by Gasteiger charge is 2.28. The second-order valence-corrected chi connectivity index (χ2v) is 9.01. The molecule has 2 rings (SSSR count). The van der Waals surface area contributed by atoms with E-state index in [9.17, 15) is 0 Å². The molecule has 0 saturated carbocycles. The SMILES string of the molecule is CN=C(NCc1nc(C(C)(C)C)cs1)NCC(C)(C)N1CCOCC1. The Kier molecular flexibility index (Phi) is 6.82. The summed E-state index contributed by atoms with van der Waals surface area (Å²) in [6.07, 6.45) is 0. The first-order chi connectivity index (χ1) is 11.7. The molecule has 0 aromatic carbocycles. The summed E-state index contributed by atoms with van der Waals surface area (Å²) in [5.41, 5.74) is 1.30. The number of guanidine groups is 1. The van der Waals surface area contributed by atoms with Crippen LogP contribution in [0.5, 0.6) is 0 Å². The Morgan fingerprint density at radius 2 is 1.92 bits per heavy atom. The van der Waals surface area contributed by atoms with E-state index in [0.717, 1.165) is 49.5 Å². The maximum Gasteiger partial charge on any atom is 0.191 e. The number of nitrogens with one attached hydrogen (secondary N) is 2. The number of hydrogen-bond acceptors (Lipinski definition) is 5. The molecule has 25 heavy (non-hydrogen) atoms. The standard InChI is InChI=1S/C18H33N5OS/c1-17(2,3)14-12-25-15(22-14)11-20-16(19-6)21-13-18(4,5)23-7-9-24-10-8-23/h12H,7-11,13H2,1-6H3,(H2,19,20,21). The van der Waals surface area contributed by atoms with Crippen LogP contribution >= 0.6 is 11.3 Å². The fourth-order valence-corrected chi connectivity index (χ4v) is 3.66. The van der Waals surface area contributed by atoms with Crippen molar-refractivity contribution in [2.45, 2.75) is 52.1 Å². The molecule has 2 heterocycles. The number of ether oxygens (including phenoxy) is 1. The van der Waals surface area contributed by atoms with Gasteiger partial charge in [-0.05, 0) is 13.8 Å². The van der Waals surface area contributed by atoms with Crippen LogP contribution in [-0.2, 0) is 16.7 Å². The first-order valence-corrected chi connectivity index (χ1v) is 9.82. The van der Waals surface area contributed by atoms with Crippen molar-refractivity contribution in [3.63, 3.8) is 0 Å². The van der Waals surface area contributed by atoms with Crippen molar-refractivity contribution in [2.24, 2.45) is 4.99 Å². The van der Waals surface area contributed by atoms with E-state index in [1.807, 2.05) is 0 Å². The summed E-state index contributed by atoms with van der Waals surface area (Å²) < 4.78 is 5.45. The Bertz CT molecular complexity index is 570. The lowest BCUT2D eigenvalue weighted by Crippen LogP contribution is -2.56. The molecular weight excluding hydrogens is 334 g/mol. The Hall–Kier alpha value is -1.18. The zero-order valence-electron chi connectivity index (χ0n) is 16.5. The van der Waals surface area contributed by atoms with Gasteiger partial charge < -0.3 is 15.4 Å². The summed E-state index contributed by atoms with van der Waals surface area (Å²) in [5.74, 6) is 0.814. The minimum atomic E-state index is 0.0575. The van der Waals surface area contributed by atoms with Gasteiger partial charge in [0, 0.05) is 43.0 Å². The molecular formula is C18H33N5OS. The predicted molar refractivity (Wildman–Crippen MR) is 105 cm³/mol. The van der Waals surface area contributed by atoms with Crippen LogP contribution in [0.15, 0.2) is 10.4 Å². The molecule has 0 spiro atoms. The molecule has 2 N–H and O–H groups in total. The van der Waals surface area contributed by atoms with E-state index in [2.05, 4.69) is 60.5 Å². The second-order valence-electron chi connectivity index (χ2n) is 8.07. The van der Waals surface area contributed by atoms with E-state index in [1.54, 1.807) is 18.4 Å². The van der Waals surface area contributed by atoms with Gasteiger partial charge in [0.2, 0.25) is 0 Å².